The molecule has 1 aromatic carbocycles. The first-order chi connectivity index (χ1) is 9.94. The lowest BCUT2D eigenvalue weighted by Crippen LogP contribution is -2.28. The molecule has 0 fully saturated rings. The van der Waals surface area contributed by atoms with Crippen molar-refractivity contribution in [1.29, 1.82) is 0 Å². The van der Waals surface area contributed by atoms with E-state index in [2.05, 4.69) is 4.72 Å². The summed E-state index contributed by atoms with van der Waals surface area (Å²) in [4.78, 5) is 0.908. The van der Waals surface area contributed by atoms with Crippen LogP contribution < -0.4 is 9.46 Å². The van der Waals surface area contributed by atoms with Gasteiger partial charge >= 0.3 is 0 Å². The van der Waals surface area contributed by atoms with Gasteiger partial charge in [0.2, 0.25) is 10.0 Å². The van der Waals surface area contributed by atoms with E-state index in [9.17, 15) is 13.5 Å². The third-order valence-electron chi connectivity index (χ3n) is 3.01. The number of thiophene rings is 1. The average molecular weight is 327 g/mol. The molecule has 2 aromatic rings. The molecule has 1 aromatic heterocycles. The van der Waals surface area contributed by atoms with Crippen LogP contribution in [0, 0.1) is 6.92 Å². The van der Waals surface area contributed by atoms with Gasteiger partial charge < -0.3 is 9.84 Å². The number of aliphatic hydroxyl groups excluding tert-OH is 1. The summed E-state index contributed by atoms with van der Waals surface area (Å²) < 4.78 is 32.0. The monoisotopic (exact) mass is 327 g/mol. The van der Waals surface area contributed by atoms with Crippen LogP contribution in [0.25, 0.3) is 0 Å². The van der Waals surface area contributed by atoms with Crippen LogP contribution in [0.5, 0.6) is 5.75 Å². The minimum atomic E-state index is -3.66. The summed E-state index contributed by atoms with van der Waals surface area (Å²) in [5.41, 5.74) is 0.590. The van der Waals surface area contributed by atoms with Crippen molar-refractivity contribution in [2.75, 3.05) is 13.7 Å². The van der Waals surface area contributed by atoms with E-state index in [4.69, 9.17) is 4.74 Å². The average Bonchev–Trinajstić information content (AvgIpc) is 2.98. The molecule has 0 saturated carbocycles. The molecule has 0 radical (unpaired) electrons. The topological polar surface area (TPSA) is 75.6 Å². The summed E-state index contributed by atoms with van der Waals surface area (Å²) in [5.74, 6) is 0.602. The number of aryl methyl sites for hydroxylation is 1. The molecule has 7 heteroatoms. The Kier molecular flexibility index (Phi) is 5.00. The van der Waals surface area contributed by atoms with E-state index < -0.39 is 16.1 Å². The van der Waals surface area contributed by atoms with Gasteiger partial charge in [0, 0.05) is 11.4 Å². The highest BCUT2D eigenvalue weighted by Gasteiger charge is 2.19. The normalized spacial score (nSPS) is 13.1. The Balaban J connectivity index is 2.11. The molecule has 114 valence electrons. The smallest absolute Gasteiger partial charge is 0.240 e. The lowest BCUT2D eigenvalue weighted by molar-refractivity contribution is 0.186. The maximum Gasteiger partial charge on any atom is 0.240 e. The van der Waals surface area contributed by atoms with Crippen molar-refractivity contribution >= 4 is 21.4 Å². The fraction of sp³-hybridized carbons (Fsp3) is 0.286. The zero-order valence-corrected chi connectivity index (χ0v) is 13.4. The highest BCUT2D eigenvalue weighted by Crippen LogP contribution is 2.22. The predicted molar refractivity (Wildman–Crippen MR) is 82.2 cm³/mol. The number of benzene rings is 1. The third-order valence-corrected chi connectivity index (χ3v) is 5.57. The zero-order valence-electron chi connectivity index (χ0n) is 11.7. The van der Waals surface area contributed by atoms with Crippen LogP contribution in [0.2, 0.25) is 0 Å². The lowest BCUT2D eigenvalue weighted by Gasteiger charge is -2.13. The number of methoxy groups -OCH3 is 1. The van der Waals surface area contributed by atoms with Gasteiger partial charge in [0.05, 0.1) is 12.0 Å². The molecule has 0 spiro atoms. The molecule has 0 aliphatic rings. The van der Waals surface area contributed by atoms with Gasteiger partial charge in [-0.2, -0.15) is 0 Å². The molecule has 0 bridgehead atoms. The second kappa shape index (κ2) is 6.57. The summed E-state index contributed by atoms with van der Waals surface area (Å²) in [6, 6.07) is 8.32. The standard InChI is InChI=1S/C14H17NO4S2/c1-10-8-11(19-2)5-6-14(10)21(17,18)15-9-12(16)13-4-3-7-20-13/h3-8,12,15-16H,9H2,1-2H3. The minimum Gasteiger partial charge on any atom is -0.497 e. The summed E-state index contributed by atoms with van der Waals surface area (Å²) in [7, 11) is -2.14. The molecule has 0 amide bonds. The fourth-order valence-electron chi connectivity index (χ4n) is 1.90. The van der Waals surface area contributed by atoms with Crippen LogP contribution >= 0.6 is 11.3 Å². The molecular weight excluding hydrogens is 310 g/mol. The highest BCUT2D eigenvalue weighted by atomic mass is 32.2. The van der Waals surface area contributed by atoms with E-state index in [-0.39, 0.29) is 11.4 Å². The van der Waals surface area contributed by atoms with Gasteiger partial charge in [-0.25, -0.2) is 13.1 Å². The van der Waals surface area contributed by atoms with Gasteiger partial charge in [0.15, 0.2) is 0 Å². The van der Waals surface area contributed by atoms with E-state index >= 15 is 0 Å². The number of hydrogen-bond acceptors (Lipinski definition) is 5. The Labute approximate surface area is 128 Å². The van der Waals surface area contributed by atoms with Crippen molar-refractivity contribution in [3.63, 3.8) is 0 Å². The van der Waals surface area contributed by atoms with Crippen molar-refractivity contribution in [3.05, 3.63) is 46.2 Å². The first kappa shape index (κ1) is 16.0. The van der Waals surface area contributed by atoms with Gasteiger partial charge in [-0.05, 0) is 42.1 Å². The van der Waals surface area contributed by atoms with Crippen molar-refractivity contribution < 1.29 is 18.3 Å². The SMILES string of the molecule is COc1ccc(S(=O)(=O)NCC(O)c2cccs2)c(C)c1. The van der Waals surface area contributed by atoms with Crippen molar-refractivity contribution in [3.8, 4) is 5.75 Å². The zero-order chi connectivity index (χ0) is 15.5. The van der Waals surface area contributed by atoms with Crippen LogP contribution in [0.15, 0.2) is 40.6 Å². The molecule has 21 heavy (non-hydrogen) atoms. The van der Waals surface area contributed by atoms with Crippen LogP contribution in [0.1, 0.15) is 16.5 Å². The van der Waals surface area contributed by atoms with Crippen molar-refractivity contribution in [1.82, 2.24) is 4.72 Å². The maximum atomic E-state index is 12.3. The second-order valence-electron chi connectivity index (χ2n) is 4.51. The van der Waals surface area contributed by atoms with E-state index in [0.29, 0.717) is 11.3 Å². The maximum absolute atomic E-state index is 12.3. The molecule has 1 unspecified atom stereocenters. The van der Waals surface area contributed by atoms with Gasteiger partial charge in [-0.3, -0.25) is 0 Å². The van der Waals surface area contributed by atoms with E-state index in [1.807, 2.05) is 11.4 Å². The summed E-state index contributed by atoms with van der Waals surface area (Å²) in [5, 5.41) is 11.8. The van der Waals surface area contributed by atoms with Gasteiger partial charge in [-0.1, -0.05) is 6.07 Å². The summed E-state index contributed by atoms with van der Waals surface area (Å²) >= 11 is 1.38. The molecule has 0 saturated heterocycles. The molecule has 0 aliphatic carbocycles. The molecule has 0 aliphatic heterocycles. The van der Waals surface area contributed by atoms with Gasteiger partial charge in [0.25, 0.3) is 0 Å². The Hall–Kier alpha value is -1.41. The quantitative estimate of drug-likeness (QED) is 0.852. The van der Waals surface area contributed by atoms with Crippen molar-refractivity contribution in [2.24, 2.45) is 0 Å². The van der Waals surface area contributed by atoms with Crippen molar-refractivity contribution in [2.45, 2.75) is 17.9 Å². The highest BCUT2D eigenvalue weighted by molar-refractivity contribution is 7.89. The number of ether oxygens (including phenoxy) is 1. The number of aliphatic hydroxyl groups is 1. The second-order valence-corrected chi connectivity index (χ2v) is 7.23. The largest absolute Gasteiger partial charge is 0.497 e. The Morgan fingerprint density at radius 2 is 2.14 bits per heavy atom. The van der Waals surface area contributed by atoms with E-state index in [1.165, 1.54) is 24.5 Å². The first-order valence-electron chi connectivity index (χ1n) is 6.30. The summed E-state index contributed by atoms with van der Waals surface area (Å²) in [6.45, 7) is 1.64. The molecular formula is C14H17NO4S2. The molecule has 2 rings (SSSR count). The minimum absolute atomic E-state index is 0.0612. The van der Waals surface area contributed by atoms with Crippen LogP contribution in [-0.4, -0.2) is 27.2 Å². The number of nitrogens with one attached hydrogen (secondary N) is 1. The number of hydrogen-bond donors (Lipinski definition) is 2. The van der Waals surface area contributed by atoms with Gasteiger partial charge in [-0.15, -0.1) is 11.3 Å². The fourth-order valence-corrected chi connectivity index (χ4v) is 3.87. The van der Waals surface area contributed by atoms with Crippen LogP contribution in [-0.2, 0) is 10.0 Å². The number of rotatable bonds is 6. The van der Waals surface area contributed by atoms with Crippen LogP contribution in [0.4, 0.5) is 0 Å². The first-order valence-corrected chi connectivity index (χ1v) is 8.66. The Bertz CT molecular complexity index is 696. The predicted octanol–water partition coefficient (Wildman–Crippen LogP) is 2.08. The third kappa shape index (κ3) is 3.82. The molecule has 5 nitrogen and oxygen atoms in total. The lowest BCUT2D eigenvalue weighted by atomic mass is 10.2. The van der Waals surface area contributed by atoms with Gasteiger partial charge in [0.1, 0.15) is 11.9 Å². The summed E-state index contributed by atoms with van der Waals surface area (Å²) in [6.07, 6.45) is -0.849. The van der Waals surface area contributed by atoms with Crippen LogP contribution in [0.3, 0.4) is 0 Å². The Morgan fingerprint density at radius 3 is 2.71 bits per heavy atom. The Morgan fingerprint density at radius 1 is 1.38 bits per heavy atom. The van der Waals surface area contributed by atoms with E-state index in [0.717, 1.165) is 4.88 Å². The van der Waals surface area contributed by atoms with E-state index in [1.54, 1.807) is 25.1 Å². The molecule has 2 N–H and O–H groups in total. The molecule has 1 atom stereocenters. The molecule has 1 heterocycles. The number of sulfonamides is 1.